The Hall–Kier alpha value is -0.0200. The van der Waals surface area contributed by atoms with Crippen molar-refractivity contribution >= 4 is 66.9 Å². The smallest absolute Gasteiger partial charge is 0.0622 e. The maximum Gasteiger partial charge on any atom is 0.0622 e. The highest BCUT2D eigenvalue weighted by atomic mass is 32.2. The fourth-order valence-corrected chi connectivity index (χ4v) is 12.4. The molecule has 31 heavy (non-hydrogen) atoms. The van der Waals surface area contributed by atoms with Crippen LogP contribution in [0.25, 0.3) is 9.40 Å². The van der Waals surface area contributed by atoms with Crippen molar-refractivity contribution in [2.45, 2.75) is 72.7 Å². The number of hydrogen-bond acceptors (Lipinski definition) is 7. The predicted octanol–water partition coefficient (Wildman–Crippen LogP) is 8.74. The van der Waals surface area contributed by atoms with Gasteiger partial charge in [-0.15, -0.1) is 57.5 Å². The van der Waals surface area contributed by atoms with Crippen molar-refractivity contribution in [2.75, 3.05) is 26.4 Å². The van der Waals surface area contributed by atoms with E-state index < -0.39 is 0 Å². The molecular formula is C24H30O2S5. The fraction of sp³-hybridized carbons (Fsp3) is 0.583. The normalized spacial score (nSPS) is 19.3. The molecule has 3 aromatic heterocycles. The minimum atomic E-state index is 0.633. The van der Waals surface area contributed by atoms with E-state index in [2.05, 4.69) is 72.2 Å². The minimum Gasteiger partial charge on any atom is -0.381 e. The van der Waals surface area contributed by atoms with Crippen LogP contribution < -0.4 is 0 Å². The molecule has 2 nitrogen and oxygen atoms in total. The number of thiophene rings is 3. The van der Waals surface area contributed by atoms with Gasteiger partial charge in [0, 0.05) is 60.4 Å². The quantitative estimate of drug-likeness (QED) is 0.227. The molecule has 0 saturated carbocycles. The van der Waals surface area contributed by atoms with Gasteiger partial charge in [0.2, 0.25) is 0 Å². The van der Waals surface area contributed by atoms with Crippen LogP contribution in [0.3, 0.4) is 0 Å². The first-order valence-electron chi connectivity index (χ1n) is 11.4. The number of rotatable bonds is 12. The van der Waals surface area contributed by atoms with E-state index in [0.717, 1.165) is 65.0 Å². The van der Waals surface area contributed by atoms with Gasteiger partial charge in [0.1, 0.15) is 0 Å². The maximum absolute atomic E-state index is 5.66. The van der Waals surface area contributed by atoms with Crippen LogP contribution in [0.4, 0.5) is 0 Å². The molecule has 0 bridgehead atoms. The third-order valence-corrected chi connectivity index (χ3v) is 13.1. The summed E-state index contributed by atoms with van der Waals surface area (Å²) in [6.07, 6.45) is 6.80. The van der Waals surface area contributed by atoms with Crippen molar-refractivity contribution in [2.24, 2.45) is 0 Å². The van der Waals surface area contributed by atoms with Crippen molar-refractivity contribution in [1.29, 1.82) is 0 Å². The number of hydrogen-bond donors (Lipinski definition) is 0. The summed E-state index contributed by atoms with van der Waals surface area (Å²) in [5.74, 6) is 0. The number of thioether (sulfide) groups is 2. The van der Waals surface area contributed by atoms with Gasteiger partial charge in [0.05, 0.1) is 15.2 Å². The van der Waals surface area contributed by atoms with Gasteiger partial charge in [-0.05, 0) is 50.7 Å². The van der Waals surface area contributed by atoms with E-state index in [0.29, 0.717) is 10.5 Å². The molecule has 7 heteroatoms. The van der Waals surface area contributed by atoms with Gasteiger partial charge in [-0.25, -0.2) is 0 Å². The monoisotopic (exact) mass is 510 g/mol. The van der Waals surface area contributed by atoms with Crippen molar-refractivity contribution in [1.82, 2.24) is 0 Å². The standard InChI is InChI=1S/C24H30O2S5/c1-3-9-25-11-5-7-15-13-17-19(27-15)21-23(29-17)24-22(31-21)20-18(30-24)14-16(28-20)8-6-12-26-10-4-2/h13-14,21,23H,3-12H2,1-2H3. The molecule has 0 amide bonds. The molecule has 2 aliphatic heterocycles. The van der Waals surface area contributed by atoms with Gasteiger partial charge in [0.25, 0.3) is 0 Å². The second-order valence-electron chi connectivity index (χ2n) is 8.15. The van der Waals surface area contributed by atoms with E-state index in [1.54, 1.807) is 29.1 Å². The Kier molecular flexibility index (Phi) is 7.70. The molecule has 0 saturated heterocycles. The summed E-state index contributed by atoms with van der Waals surface area (Å²) in [5.41, 5.74) is 0. The summed E-state index contributed by atoms with van der Waals surface area (Å²) in [7, 11) is 0. The fourth-order valence-electron chi connectivity index (χ4n) is 4.17. The molecule has 0 aliphatic carbocycles. The molecule has 0 N–H and O–H groups in total. The lowest BCUT2D eigenvalue weighted by molar-refractivity contribution is 0.132. The maximum atomic E-state index is 5.66. The van der Waals surface area contributed by atoms with Crippen LogP contribution in [0.1, 0.15) is 69.5 Å². The Bertz CT molecular complexity index is 1020. The van der Waals surface area contributed by atoms with E-state index in [9.17, 15) is 0 Å². The van der Waals surface area contributed by atoms with E-state index in [4.69, 9.17) is 9.47 Å². The summed E-state index contributed by atoms with van der Waals surface area (Å²) in [6, 6.07) is 4.92. The summed E-state index contributed by atoms with van der Waals surface area (Å²) in [4.78, 5) is 9.48. The van der Waals surface area contributed by atoms with Crippen molar-refractivity contribution < 1.29 is 9.47 Å². The zero-order valence-electron chi connectivity index (χ0n) is 18.2. The van der Waals surface area contributed by atoms with Crippen LogP contribution >= 0.6 is 57.5 Å². The molecule has 5 rings (SSSR count). The van der Waals surface area contributed by atoms with Gasteiger partial charge >= 0.3 is 0 Å². The lowest BCUT2D eigenvalue weighted by Gasteiger charge is -2.08. The first-order chi connectivity index (χ1) is 15.3. The van der Waals surface area contributed by atoms with Crippen LogP contribution in [0.5, 0.6) is 0 Å². The first-order valence-corrected chi connectivity index (χ1v) is 15.7. The Morgan fingerprint density at radius 1 is 0.742 bits per heavy atom. The third kappa shape index (κ3) is 4.79. The van der Waals surface area contributed by atoms with Crippen molar-refractivity contribution in [3.05, 3.63) is 31.6 Å². The molecule has 2 unspecified atom stereocenters. The lowest BCUT2D eigenvalue weighted by Crippen LogP contribution is -1.96. The first kappa shape index (κ1) is 22.8. The molecule has 2 atom stereocenters. The molecule has 168 valence electrons. The largest absolute Gasteiger partial charge is 0.381 e. The highest BCUT2D eigenvalue weighted by Crippen LogP contribution is 2.71. The molecule has 0 fully saturated rings. The van der Waals surface area contributed by atoms with Crippen LogP contribution in [-0.4, -0.2) is 26.4 Å². The minimum absolute atomic E-state index is 0.633. The molecule has 3 aromatic rings. The summed E-state index contributed by atoms with van der Waals surface area (Å²) in [6.45, 7) is 7.91. The van der Waals surface area contributed by atoms with Gasteiger partial charge in [-0.1, -0.05) is 13.8 Å². The van der Waals surface area contributed by atoms with E-state index in [1.807, 2.05) is 11.3 Å². The summed E-state index contributed by atoms with van der Waals surface area (Å²) in [5, 5.41) is 1.27. The number of fused-ring (bicyclic) bond motifs is 7. The van der Waals surface area contributed by atoms with E-state index >= 15 is 0 Å². The highest BCUT2D eigenvalue weighted by Gasteiger charge is 2.45. The van der Waals surface area contributed by atoms with Crippen molar-refractivity contribution in [3.63, 3.8) is 0 Å². The summed E-state index contributed by atoms with van der Waals surface area (Å²) < 4.78 is 14.4. The van der Waals surface area contributed by atoms with Crippen LogP contribution in [0, 0.1) is 0 Å². The Labute approximate surface area is 206 Å². The molecule has 0 aromatic carbocycles. The third-order valence-electron chi connectivity index (χ3n) is 5.59. The zero-order chi connectivity index (χ0) is 21.2. The Morgan fingerprint density at radius 2 is 1.42 bits per heavy atom. The number of ether oxygens (including phenoxy) is 2. The predicted molar refractivity (Wildman–Crippen MR) is 140 cm³/mol. The molecule has 0 spiro atoms. The zero-order valence-corrected chi connectivity index (χ0v) is 22.3. The lowest BCUT2D eigenvalue weighted by atomic mass is 10.2. The van der Waals surface area contributed by atoms with Crippen LogP contribution in [0.15, 0.2) is 21.9 Å². The van der Waals surface area contributed by atoms with Gasteiger partial charge in [-0.3, -0.25) is 0 Å². The molecular weight excluding hydrogens is 481 g/mol. The molecule has 5 heterocycles. The SMILES string of the molecule is CCCOCCCc1cc2c(s1)C1Sc3c(sc4cc(CCCOCCC)sc34)C1S2. The average molecular weight is 511 g/mol. The Balaban J connectivity index is 1.21. The van der Waals surface area contributed by atoms with Crippen LogP contribution in [0.2, 0.25) is 0 Å². The highest BCUT2D eigenvalue weighted by molar-refractivity contribution is 8.05. The topological polar surface area (TPSA) is 18.5 Å². The van der Waals surface area contributed by atoms with Gasteiger partial charge in [0.15, 0.2) is 0 Å². The second kappa shape index (κ2) is 10.5. The molecule has 2 aliphatic rings. The molecule has 0 radical (unpaired) electrons. The number of aryl methyl sites for hydroxylation is 2. The van der Waals surface area contributed by atoms with Crippen LogP contribution in [-0.2, 0) is 22.3 Å². The van der Waals surface area contributed by atoms with E-state index in [-0.39, 0.29) is 0 Å². The second-order valence-corrected chi connectivity index (χ2v) is 13.9. The van der Waals surface area contributed by atoms with E-state index in [1.165, 1.54) is 9.58 Å². The Morgan fingerprint density at radius 3 is 2.13 bits per heavy atom. The van der Waals surface area contributed by atoms with Crippen molar-refractivity contribution in [3.8, 4) is 0 Å². The average Bonchev–Trinajstić information content (AvgIpc) is 3.52. The van der Waals surface area contributed by atoms with Gasteiger partial charge in [-0.2, -0.15) is 0 Å². The van der Waals surface area contributed by atoms with Gasteiger partial charge < -0.3 is 9.47 Å². The summed E-state index contributed by atoms with van der Waals surface area (Å²) >= 11 is 10.4.